The van der Waals surface area contributed by atoms with E-state index >= 15 is 0 Å². The third-order valence-electron chi connectivity index (χ3n) is 5.60. The number of halogens is 1. The highest BCUT2D eigenvalue weighted by Gasteiger charge is 2.21. The monoisotopic (exact) mass is 408 g/mol. The van der Waals surface area contributed by atoms with Gasteiger partial charge in [0.2, 0.25) is 0 Å². The minimum Gasteiger partial charge on any atom is -0.371 e. The van der Waals surface area contributed by atoms with Gasteiger partial charge in [-0.1, -0.05) is 35.9 Å². The number of likely N-dealkylation sites (N-methyl/N-ethyl adjacent to an activating group) is 1. The molecule has 29 heavy (non-hydrogen) atoms. The number of rotatable bonds is 5. The Balaban J connectivity index is 1.57. The van der Waals surface area contributed by atoms with E-state index in [-0.39, 0.29) is 5.91 Å². The molecule has 3 aromatic rings. The third kappa shape index (κ3) is 3.75. The molecule has 0 unspecified atom stereocenters. The first kappa shape index (κ1) is 19.5. The highest BCUT2D eigenvalue weighted by Crippen LogP contribution is 2.31. The van der Waals surface area contributed by atoms with E-state index in [2.05, 4.69) is 34.4 Å². The Morgan fingerprint density at radius 3 is 2.76 bits per heavy atom. The Hall–Kier alpha value is -2.79. The summed E-state index contributed by atoms with van der Waals surface area (Å²) in [5.74, 6) is -0.133. The molecule has 4 rings (SSSR count). The van der Waals surface area contributed by atoms with Crippen molar-refractivity contribution in [2.24, 2.45) is 0 Å². The first-order chi connectivity index (χ1) is 14.0. The summed E-state index contributed by atoms with van der Waals surface area (Å²) in [5, 5.41) is 8.34. The van der Waals surface area contributed by atoms with Crippen molar-refractivity contribution >= 4 is 28.9 Å². The molecule has 6 heteroatoms. The predicted octanol–water partition coefficient (Wildman–Crippen LogP) is 4.84. The number of nitrogens with zero attached hydrogens (tertiary/aromatic N) is 3. The van der Waals surface area contributed by atoms with Crippen LogP contribution in [0.2, 0.25) is 5.02 Å². The van der Waals surface area contributed by atoms with Crippen LogP contribution in [-0.2, 0) is 13.0 Å². The van der Waals surface area contributed by atoms with Gasteiger partial charge in [0.1, 0.15) is 0 Å². The van der Waals surface area contributed by atoms with Crippen molar-refractivity contribution in [2.45, 2.75) is 33.7 Å². The number of benzene rings is 2. The van der Waals surface area contributed by atoms with Gasteiger partial charge in [0.25, 0.3) is 5.91 Å². The lowest BCUT2D eigenvalue weighted by molar-refractivity contribution is 0.102. The van der Waals surface area contributed by atoms with Crippen LogP contribution in [-0.4, -0.2) is 28.8 Å². The molecule has 0 radical (unpaired) electrons. The fourth-order valence-electron chi connectivity index (χ4n) is 4.01. The lowest BCUT2D eigenvalue weighted by Gasteiger charge is -2.17. The maximum Gasteiger partial charge on any atom is 0.259 e. The Kier molecular flexibility index (Phi) is 5.33. The van der Waals surface area contributed by atoms with Crippen molar-refractivity contribution in [3.8, 4) is 0 Å². The first-order valence-electron chi connectivity index (χ1n) is 9.94. The molecule has 2 heterocycles. The molecule has 0 bridgehead atoms. The van der Waals surface area contributed by atoms with Crippen molar-refractivity contribution in [3.63, 3.8) is 0 Å². The molecule has 2 aromatic carbocycles. The zero-order valence-electron chi connectivity index (χ0n) is 17.0. The highest BCUT2D eigenvalue weighted by atomic mass is 35.5. The van der Waals surface area contributed by atoms with Gasteiger partial charge in [-0.25, -0.2) is 0 Å². The van der Waals surface area contributed by atoms with Gasteiger partial charge in [-0.05, 0) is 56.5 Å². The van der Waals surface area contributed by atoms with Crippen LogP contribution in [0.15, 0.2) is 42.5 Å². The molecule has 0 saturated carbocycles. The molecule has 1 aromatic heterocycles. The number of carbonyl (C=O) groups excluding carboxylic acids is 1. The molecule has 150 valence electrons. The summed E-state index contributed by atoms with van der Waals surface area (Å²) < 4.78 is 1.84. The van der Waals surface area contributed by atoms with Crippen LogP contribution in [0.1, 0.15) is 39.8 Å². The Labute approximate surface area is 176 Å². The van der Waals surface area contributed by atoms with Gasteiger partial charge >= 0.3 is 0 Å². The van der Waals surface area contributed by atoms with Gasteiger partial charge in [-0.15, -0.1) is 0 Å². The van der Waals surface area contributed by atoms with Gasteiger partial charge in [0.05, 0.1) is 17.8 Å². The summed E-state index contributed by atoms with van der Waals surface area (Å²) >= 11 is 6.29. The van der Waals surface area contributed by atoms with E-state index in [9.17, 15) is 4.79 Å². The molecule has 0 aliphatic carbocycles. The fraction of sp³-hybridized carbons (Fsp3) is 0.304. The number of fused-ring (bicyclic) bond motifs is 1. The number of anilines is 2. The number of hydrogen-bond donors (Lipinski definition) is 1. The molecule has 0 saturated heterocycles. The minimum atomic E-state index is -0.133. The summed E-state index contributed by atoms with van der Waals surface area (Å²) in [5.41, 5.74) is 6.50. The average molecular weight is 409 g/mol. The predicted molar refractivity (Wildman–Crippen MR) is 118 cm³/mol. The topological polar surface area (TPSA) is 50.2 Å². The normalized spacial score (nSPS) is 12.9. The summed E-state index contributed by atoms with van der Waals surface area (Å²) in [6.45, 7) is 8.48. The van der Waals surface area contributed by atoms with Gasteiger partial charge in [-0.3, -0.25) is 9.48 Å². The molecule has 0 spiro atoms. The van der Waals surface area contributed by atoms with E-state index in [0.717, 1.165) is 36.5 Å². The quantitative estimate of drug-likeness (QED) is 0.657. The molecular weight excluding hydrogens is 384 g/mol. The molecular formula is C23H25ClN4O. The first-order valence-corrected chi connectivity index (χ1v) is 10.3. The van der Waals surface area contributed by atoms with Crippen molar-refractivity contribution in [1.29, 1.82) is 0 Å². The second-order valence-electron chi connectivity index (χ2n) is 7.42. The lowest BCUT2D eigenvalue weighted by Crippen LogP contribution is -2.19. The van der Waals surface area contributed by atoms with Crippen molar-refractivity contribution in [3.05, 3.63) is 75.6 Å². The van der Waals surface area contributed by atoms with E-state index in [0.29, 0.717) is 22.8 Å². The second kappa shape index (κ2) is 7.91. The molecule has 1 N–H and O–H groups in total. The zero-order valence-corrected chi connectivity index (χ0v) is 17.8. The molecule has 0 fully saturated rings. The van der Waals surface area contributed by atoms with Crippen LogP contribution in [0.5, 0.6) is 0 Å². The molecule has 0 atom stereocenters. The number of carbonyl (C=O) groups is 1. The standard InChI is InChI=1S/C23H25ClN4O/c1-4-27-12-11-17-9-10-19(13-21(17)27)25-23(29)22-15(2)26-28(16(22)3)14-18-7-5-6-8-20(18)24/h5-10,13H,4,11-12,14H2,1-3H3,(H,25,29). The van der Waals surface area contributed by atoms with Crippen LogP contribution in [0.25, 0.3) is 0 Å². The van der Waals surface area contributed by atoms with Gasteiger partial charge in [0, 0.05) is 35.2 Å². The Morgan fingerprint density at radius 2 is 2.00 bits per heavy atom. The van der Waals surface area contributed by atoms with Crippen molar-refractivity contribution in [2.75, 3.05) is 23.3 Å². The summed E-state index contributed by atoms with van der Waals surface area (Å²) in [6.07, 6.45) is 1.06. The van der Waals surface area contributed by atoms with Crippen LogP contribution < -0.4 is 10.2 Å². The van der Waals surface area contributed by atoms with Crippen molar-refractivity contribution < 1.29 is 4.79 Å². The number of aromatic nitrogens is 2. The molecule has 1 aliphatic heterocycles. The fourth-order valence-corrected chi connectivity index (χ4v) is 4.21. The van der Waals surface area contributed by atoms with Crippen LogP contribution in [0.4, 0.5) is 11.4 Å². The van der Waals surface area contributed by atoms with E-state index < -0.39 is 0 Å². The molecule has 5 nitrogen and oxygen atoms in total. The van der Waals surface area contributed by atoms with Gasteiger partial charge < -0.3 is 10.2 Å². The minimum absolute atomic E-state index is 0.133. The van der Waals surface area contributed by atoms with E-state index in [1.807, 2.05) is 48.9 Å². The molecule has 1 amide bonds. The maximum absolute atomic E-state index is 13.0. The summed E-state index contributed by atoms with van der Waals surface area (Å²) in [7, 11) is 0. The van der Waals surface area contributed by atoms with E-state index in [4.69, 9.17) is 11.6 Å². The van der Waals surface area contributed by atoms with Gasteiger partial charge in [0.15, 0.2) is 0 Å². The van der Waals surface area contributed by atoms with Crippen molar-refractivity contribution in [1.82, 2.24) is 9.78 Å². The lowest BCUT2D eigenvalue weighted by atomic mass is 10.1. The van der Waals surface area contributed by atoms with E-state index in [1.54, 1.807) is 0 Å². The number of aryl methyl sites for hydroxylation is 1. The van der Waals surface area contributed by atoms with E-state index in [1.165, 1.54) is 11.3 Å². The number of hydrogen-bond acceptors (Lipinski definition) is 3. The van der Waals surface area contributed by atoms with Crippen LogP contribution in [0.3, 0.4) is 0 Å². The van der Waals surface area contributed by atoms with Gasteiger partial charge in [-0.2, -0.15) is 5.10 Å². The average Bonchev–Trinajstić information content (AvgIpc) is 3.23. The summed E-state index contributed by atoms with van der Waals surface area (Å²) in [6, 6.07) is 13.9. The molecule has 1 aliphatic rings. The SMILES string of the molecule is CCN1CCc2ccc(NC(=O)c3c(C)nn(Cc4ccccc4Cl)c3C)cc21. The summed E-state index contributed by atoms with van der Waals surface area (Å²) in [4.78, 5) is 15.4. The third-order valence-corrected chi connectivity index (χ3v) is 5.97. The second-order valence-corrected chi connectivity index (χ2v) is 7.83. The maximum atomic E-state index is 13.0. The smallest absolute Gasteiger partial charge is 0.259 e. The van der Waals surface area contributed by atoms with Crippen LogP contribution >= 0.6 is 11.6 Å². The number of amides is 1. The highest BCUT2D eigenvalue weighted by molar-refractivity contribution is 6.31. The Morgan fingerprint density at radius 1 is 1.21 bits per heavy atom. The zero-order chi connectivity index (χ0) is 20.5. The Bertz CT molecular complexity index is 1070. The number of nitrogens with one attached hydrogen (secondary N) is 1. The largest absolute Gasteiger partial charge is 0.371 e. The van der Waals surface area contributed by atoms with Crippen LogP contribution in [0, 0.1) is 13.8 Å².